The third kappa shape index (κ3) is 4.42. The van der Waals surface area contributed by atoms with Crippen LogP contribution in [0.2, 0.25) is 0 Å². The second-order valence-corrected chi connectivity index (χ2v) is 5.95. The molecule has 4 heteroatoms. The van der Waals surface area contributed by atoms with Gasteiger partial charge in [-0.15, -0.1) is 0 Å². The minimum absolute atomic E-state index is 0.212. The Kier molecular flexibility index (Phi) is 5.54. The Morgan fingerprint density at radius 3 is 2.31 bits per heavy atom. The van der Waals surface area contributed by atoms with Gasteiger partial charge in [0, 0.05) is 5.69 Å². The van der Waals surface area contributed by atoms with Crippen molar-refractivity contribution in [2.24, 2.45) is 0 Å². The predicted molar refractivity (Wildman–Crippen MR) is 103 cm³/mol. The Labute approximate surface area is 153 Å². The number of carbonyl (C=O) groups excluding carboxylic acids is 1. The largest absolute Gasteiger partial charge is 0.496 e. The monoisotopic (exact) mass is 347 g/mol. The predicted octanol–water partition coefficient (Wildman–Crippen LogP) is 4.83. The standard InChI is InChI=1S/C22H21NO3/c1-16-7-9-17(10-8-16)15-26-19-13-11-18(12-14-19)23-22(24)20-5-3-4-6-21(20)25-2/h3-14H,15H2,1-2H3,(H,23,24). The zero-order valence-corrected chi connectivity index (χ0v) is 14.9. The number of anilines is 1. The van der Waals surface area contributed by atoms with Crippen LogP contribution in [0.1, 0.15) is 21.5 Å². The second-order valence-electron chi connectivity index (χ2n) is 5.95. The van der Waals surface area contributed by atoms with Gasteiger partial charge in [0.15, 0.2) is 0 Å². The third-order valence-corrected chi connectivity index (χ3v) is 3.99. The zero-order valence-electron chi connectivity index (χ0n) is 14.9. The molecule has 4 nitrogen and oxygen atoms in total. The molecular formula is C22H21NO3. The van der Waals surface area contributed by atoms with Crippen molar-refractivity contribution < 1.29 is 14.3 Å². The van der Waals surface area contributed by atoms with Crippen molar-refractivity contribution >= 4 is 11.6 Å². The van der Waals surface area contributed by atoms with Crippen LogP contribution in [0.3, 0.4) is 0 Å². The number of carbonyl (C=O) groups is 1. The molecule has 0 saturated carbocycles. The molecule has 0 spiro atoms. The first-order valence-corrected chi connectivity index (χ1v) is 8.38. The van der Waals surface area contributed by atoms with Crippen LogP contribution in [0.15, 0.2) is 72.8 Å². The number of nitrogens with one attached hydrogen (secondary N) is 1. The minimum atomic E-state index is -0.212. The van der Waals surface area contributed by atoms with E-state index in [0.717, 1.165) is 11.3 Å². The Morgan fingerprint density at radius 2 is 1.62 bits per heavy atom. The van der Waals surface area contributed by atoms with Crippen molar-refractivity contribution in [3.8, 4) is 11.5 Å². The minimum Gasteiger partial charge on any atom is -0.496 e. The molecule has 1 N–H and O–H groups in total. The summed E-state index contributed by atoms with van der Waals surface area (Å²) in [4.78, 5) is 12.4. The quantitative estimate of drug-likeness (QED) is 0.694. The van der Waals surface area contributed by atoms with Gasteiger partial charge in [-0.05, 0) is 48.9 Å². The van der Waals surface area contributed by atoms with Crippen molar-refractivity contribution in [3.05, 3.63) is 89.5 Å². The van der Waals surface area contributed by atoms with E-state index >= 15 is 0 Å². The maximum absolute atomic E-state index is 12.4. The Morgan fingerprint density at radius 1 is 0.923 bits per heavy atom. The molecule has 0 radical (unpaired) electrons. The molecule has 1 amide bonds. The molecule has 3 aromatic rings. The molecule has 132 valence electrons. The molecule has 0 aliphatic heterocycles. The SMILES string of the molecule is COc1ccccc1C(=O)Nc1ccc(OCc2ccc(C)cc2)cc1. The first-order chi connectivity index (χ1) is 12.7. The molecule has 3 rings (SSSR count). The normalized spacial score (nSPS) is 10.2. The van der Waals surface area contributed by atoms with Crippen LogP contribution in [0.25, 0.3) is 0 Å². The summed E-state index contributed by atoms with van der Waals surface area (Å²) in [5, 5.41) is 2.87. The van der Waals surface area contributed by atoms with Crippen LogP contribution >= 0.6 is 0 Å². The van der Waals surface area contributed by atoms with E-state index in [9.17, 15) is 4.79 Å². The van der Waals surface area contributed by atoms with E-state index < -0.39 is 0 Å². The lowest BCUT2D eigenvalue weighted by Gasteiger charge is -2.10. The van der Waals surface area contributed by atoms with E-state index in [1.165, 1.54) is 5.56 Å². The van der Waals surface area contributed by atoms with E-state index in [1.807, 2.05) is 30.3 Å². The Bertz CT molecular complexity index is 871. The molecule has 0 fully saturated rings. The van der Waals surface area contributed by atoms with Gasteiger partial charge in [-0.2, -0.15) is 0 Å². The topological polar surface area (TPSA) is 47.6 Å². The van der Waals surface area contributed by atoms with Gasteiger partial charge in [-0.3, -0.25) is 4.79 Å². The average molecular weight is 347 g/mol. The fraction of sp³-hybridized carbons (Fsp3) is 0.136. The average Bonchev–Trinajstić information content (AvgIpc) is 2.68. The molecule has 0 saturated heterocycles. The number of hydrogen-bond donors (Lipinski definition) is 1. The fourth-order valence-corrected chi connectivity index (χ4v) is 2.52. The van der Waals surface area contributed by atoms with Gasteiger partial charge in [0.1, 0.15) is 18.1 Å². The van der Waals surface area contributed by atoms with Gasteiger partial charge in [0.2, 0.25) is 0 Å². The molecular weight excluding hydrogens is 326 g/mol. The zero-order chi connectivity index (χ0) is 18.4. The molecule has 0 bridgehead atoms. The highest BCUT2D eigenvalue weighted by atomic mass is 16.5. The van der Waals surface area contributed by atoms with Crippen LogP contribution in [0.4, 0.5) is 5.69 Å². The second kappa shape index (κ2) is 8.21. The number of amides is 1. The van der Waals surface area contributed by atoms with Gasteiger partial charge in [-0.1, -0.05) is 42.0 Å². The van der Waals surface area contributed by atoms with E-state index in [1.54, 1.807) is 25.3 Å². The number of ether oxygens (including phenoxy) is 2. The van der Waals surface area contributed by atoms with Gasteiger partial charge >= 0.3 is 0 Å². The summed E-state index contributed by atoms with van der Waals surface area (Å²) in [5.74, 6) is 1.08. The van der Waals surface area contributed by atoms with Crippen LogP contribution in [0, 0.1) is 6.92 Å². The van der Waals surface area contributed by atoms with Crippen molar-refractivity contribution in [2.75, 3.05) is 12.4 Å². The van der Waals surface area contributed by atoms with E-state index in [-0.39, 0.29) is 5.91 Å². The number of methoxy groups -OCH3 is 1. The summed E-state index contributed by atoms with van der Waals surface area (Å²) in [6, 6.07) is 22.7. The number of aryl methyl sites for hydroxylation is 1. The van der Waals surface area contributed by atoms with Crippen molar-refractivity contribution in [2.45, 2.75) is 13.5 Å². The number of benzene rings is 3. The fourth-order valence-electron chi connectivity index (χ4n) is 2.52. The molecule has 3 aromatic carbocycles. The highest BCUT2D eigenvalue weighted by Gasteiger charge is 2.11. The number of rotatable bonds is 6. The summed E-state index contributed by atoms with van der Waals surface area (Å²) >= 11 is 0. The van der Waals surface area contributed by atoms with Crippen molar-refractivity contribution in [3.63, 3.8) is 0 Å². The van der Waals surface area contributed by atoms with Crippen LogP contribution in [0.5, 0.6) is 11.5 Å². The van der Waals surface area contributed by atoms with Crippen molar-refractivity contribution in [1.29, 1.82) is 0 Å². The lowest BCUT2D eigenvalue weighted by molar-refractivity contribution is 0.102. The van der Waals surface area contributed by atoms with E-state index in [2.05, 4.69) is 36.5 Å². The first kappa shape index (κ1) is 17.5. The van der Waals surface area contributed by atoms with Gasteiger partial charge in [0.25, 0.3) is 5.91 Å². The number of para-hydroxylation sites is 1. The Hall–Kier alpha value is -3.27. The molecule has 0 aliphatic rings. The van der Waals surface area contributed by atoms with Gasteiger partial charge in [0.05, 0.1) is 12.7 Å². The lowest BCUT2D eigenvalue weighted by atomic mass is 10.1. The first-order valence-electron chi connectivity index (χ1n) is 8.38. The van der Waals surface area contributed by atoms with Crippen molar-refractivity contribution in [1.82, 2.24) is 0 Å². The molecule has 0 aromatic heterocycles. The van der Waals surface area contributed by atoms with Gasteiger partial charge < -0.3 is 14.8 Å². The third-order valence-electron chi connectivity index (χ3n) is 3.99. The lowest BCUT2D eigenvalue weighted by Crippen LogP contribution is -2.13. The molecule has 26 heavy (non-hydrogen) atoms. The summed E-state index contributed by atoms with van der Waals surface area (Å²) in [5.41, 5.74) is 3.53. The van der Waals surface area contributed by atoms with Crippen LogP contribution < -0.4 is 14.8 Å². The highest BCUT2D eigenvalue weighted by molar-refractivity contribution is 6.06. The highest BCUT2D eigenvalue weighted by Crippen LogP contribution is 2.21. The molecule has 0 heterocycles. The van der Waals surface area contributed by atoms with Gasteiger partial charge in [-0.25, -0.2) is 0 Å². The summed E-state index contributed by atoms with van der Waals surface area (Å²) in [6.45, 7) is 2.57. The Balaban J connectivity index is 1.60. The number of hydrogen-bond acceptors (Lipinski definition) is 3. The summed E-state index contributed by atoms with van der Waals surface area (Å²) in [7, 11) is 1.55. The summed E-state index contributed by atoms with van der Waals surface area (Å²) < 4.78 is 11.0. The van der Waals surface area contributed by atoms with E-state index in [4.69, 9.17) is 9.47 Å². The maximum atomic E-state index is 12.4. The van der Waals surface area contributed by atoms with Crippen LogP contribution in [-0.2, 0) is 6.61 Å². The molecule has 0 aliphatic carbocycles. The maximum Gasteiger partial charge on any atom is 0.259 e. The van der Waals surface area contributed by atoms with E-state index in [0.29, 0.717) is 23.6 Å². The molecule has 0 atom stereocenters. The summed E-state index contributed by atoms with van der Waals surface area (Å²) in [6.07, 6.45) is 0. The smallest absolute Gasteiger partial charge is 0.259 e. The molecule has 0 unspecified atom stereocenters. The van der Waals surface area contributed by atoms with Crippen LogP contribution in [-0.4, -0.2) is 13.0 Å².